The van der Waals surface area contributed by atoms with Crippen LogP contribution in [0.2, 0.25) is 0 Å². The zero-order valence-corrected chi connectivity index (χ0v) is 36.0. The number of likely N-dealkylation sites (N-methyl/N-ethyl adjacent to an activating group) is 1. The van der Waals surface area contributed by atoms with Gasteiger partial charge >= 0.3 is 12.1 Å². The predicted octanol–water partition coefficient (Wildman–Crippen LogP) is 4.49. The summed E-state index contributed by atoms with van der Waals surface area (Å²) in [6.45, 7) is 15.3. The highest BCUT2D eigenvalue weighted by Gasteiger charge is 2.52. The van der Waals surface area contributed by atoms with E-state index in [2.05, 4.69) is 0 Å². The van der Waals surface area contributed by atoms with Crippen molar-refractivity contribution < 1.29 is 56.4 Å². The summed E-state index contributed by atoms with van der Waals surface area (Å²) < 4.78 is 65.2. The first-order valence-corrected chi connectivity index (χ1v) is 20.4. The van der Waals surface area contributed by atoms with Gasteiger partial charge in [0.1, 0.15) is 23.7 Å². The molecule has 2 amide bonds. The van der Waals surface area contributed by atoms with Gasteiger partial charge in [0, 0.05) is 57.4 Å². The van der Waals surface area contributed by atoms with E-state index in [1.54, 1.807) is 18.7 Å². The number of carbonyl (C=O) groups excluding carboxylic acids is 4. The summed E-state index contributed by atoms with van der Waals surface area (Å²) in [4.78, 5) is 63.4. The molecule has 0 bridgehead atoms. The number of cyclic esters (lactones) is 1. The van der Waals surface area contributed by atoms with Crippen LogP contribution in [0.3, 0.4) is 0 Å². The van der Waals surface area contributed by atoms with E-state index in [4.69, 9.17) is 18.9 Å². The number of aliphatic hydroxyl groups excluding tert-OH is 1. The lowest BCUT2D eigenvalue weighted by molar-refractivity contribution is -0.295. The maximum Gasteiger partial charge on any atom is 0.416 e. The summed E-state index contributed by atoms with van der Waals surface area (Å²) >= 11 is 0. The molecule has 0 spiro atoms. The van der Waals surface area contributed by atoms with Gasteiger partial charge < -0.3 is 38.8 Å². The molecule has 13 nitrogen and oxygen atoms in total. The van der Waals surface area contributed by atoms with Crippen molar-refractivity contribution in [3.05, 3.63) is 35.4 Å². The molecule has 3 saturated heterocycles. The molecule has 0 aliphatic carbocycles. The van der Waals surface area contributed by atoms with Crippen LogP contribution < -0.4 is 0 Å². The Balaban J connectivity index is 1.65. The van der Waals surface area contributed by atoms with Crippen LogP contribution in [0.1, 0.15) is 90.6 Å². The maximum atomic E-state index is 14.6. The average Bonchev–Trinajstić information content (AvgIpc) is 3.16. The van der Waals surface area contributed by atoms with E-state index in [0.29, 0.717) is 32.4 Å². The number of piperazine rings is 1. The van der Waals surface area contributed by atoms with Gasteiger partial charge in [-0.25, -0.2) is 0 Å². The fraction of sp³-hybridized carbons (Fsp3) is 0.762. The van der Waals surface area contributed by atoms with Gasteiger partial charge in [0.05, 0.1) is 23.4 Å². The molecule has 1 aromatic carbocycles. The zero-order valence-electron chi connectivity index (χ0n) is 36.0. The van der Waals surface area contributed by atoms with E-state index in [1.807, 2.05) is 51.6 Å². The zero-order chi connectivity index (χ0) is 43.5. The second-order valence-corrected chi connectivity index (χ2v) is 17.5. The highest BCUT2D eigenvalue weighted by Crippen LogP contribution is 2.39. The normalized spacial score (nSPS) is 33.6. The number of benzene rings is 1. The molecule has 16 heteroatoms. The van der Waals surface area contributed by atoms with Gasteiger partial charge in [-0.2, -0.15) is 13.2 Å². The largest absolute Gasteiger partial charge is 0.460 e. The third-order valence-electron chi connectivity index (χ3n) is 12.1. The number of esters is 1. The van der Waals surface area contributed by atoms with Crippen molar-refractivity contribution in [2.24, 2.45) is 17.3 Å². The Labute approximate surface area is 341 Å². The molecule has 0 radical (unpaired) electrons. The second kappa shape index (κ2) is 19.1. The molecule has 0 aromatic heterocycles. The third kappa shape index (κ3) is 10.6. The van der Waals surface area contributed by atoms with E-state index in [9.17, 15) is 37.5 Å². The quantitative estimate of drug-likeness (QED) is 0.293. The van der Waals surface area contributed by atoms with Crippen LogP contribution in [-0.4, -0.2) is 157 Å². The predicted molar refractivity (Wildman–Crippen MR) is 210 cm³/mol. The number of halogens is 3. The van der Waals surface area contributed by atoms with Crippen molar-refractivity contribution >= 4 is 23.6 Å². The number of alkyl halides is 3. The summed E-state index contributed by atoms with van der Waals surface area (Å²) in [5.41, 5.74) is -3.83. The number of Topliss-reactive ketones (excluding diaryl/α,β-unsaturated/α-hetero) is 1. The Morgan fingerprint density at radius 1 is 1.02 bits per heavy atom. The highest BCUT2D eigenvalue weighted by molar-refractivity contribution is 6.04. The molecule has 328 valence electrons. The molecule has 10 atom stereocenters. The number of aliphatic hydroxyl groups is 1. The minimum absolute atomic E-state index is 0.0896. The topological polar surface area (TPSA) is 138 Å². The number of ketones is 1. The van der Waals surface area contributed by atoms with Crippen molar-refractivity contribution in [1.29, 1.82) is 0 Å². The maximum absolute atomic E-state index is 14.6. The van der Waals surface area contributed by atoms with Gasteiger partial charge in [-0.15, -0.1) is 0 Å². The molecular weight excluding hydrogens is 761 g/mol. The first-order valence-electron chi connectivity index (χ1n) is 20.4. The van der Waals surface area contributed by atoms with Crippen LogP contribution in [0.5, 0.6) is 0 Å². The summed E-state index contributed by atoms with van der Waals surface area (Å²) in [6, 6.07) is 3.04. The molecule has 3 aliphatic heterocycles. The van der Waals surface area contributed by atoms with Crippen molar-refractivity contribution in [3.63, 3.8) is 0 Å². The monoisotopic (exact) mass is 826 g/mol. The molecule has 1 aromatic rings. The van der Waals surface area contributed by atoms with Gasteiger partial charge in [-0.05, 0) is 98.6 Å². The summed E-state index contributed by atoms with van der Waals surface area (Å²) in [7, 11) is 5.28. The minimum atomic E-state index is -4.60. The Morgan fingerprint density at radius 3 is 2.21 bits per heavy atom. The third-order valence-corrected chi connectivity index (χ3v) is 12.1. The Bertz CT molecular complexity index is 1600. The van der Waals surface area contributed by atoms with Crippen LogP contribution in [0, 0.1) is 17.3 Å². The molecule has 1 N–H and O–H groups in total. The lowest BCUT2D eigenvalue weighted by Crippen LogP contribution is -2.60. The Kier molecular flexibility index (Phi) is 15.6. The first-order chi connectivity index (χ1) is 27.0. The van der Waals surface area contributed by atoms with Crippen molar-refractivity contribution in [1.82, 2.24) is 19.6 Å². The van der Waals surface area contributed by atoms with Crippen LogP contribution in [0.4, 0.5) is 13.2 Å². The van der Waals surface area contributed by atoms with Gasteiger partial charge in [0.15, 0.2) is 12.1 Å². The molecular formula is C42H65F3N4O9. The second-order valence-electron chi connectivity index (χ2n) is 17.5. The standard InChI is InChI=1S/C42H65F3N4O9/c1-12-16-49-24-25(2)23-41(8,55-11)35(58-38-33(50)31(46(9)10)21-26(3)56-38)27(4)34(51)40(6,7)39(54)57-28(5)32(49)37(53)48-19-17-47(18-20-48)36(52)29-14-13-15-30(22-29)42(43,44)45/h13-15,22,25-28,31-33,35,38,50H,12,16-21,23-24H2,1-11H3/t25-,26-,27+,28+,31+,32-,33-,35-,38+,41-/m1/s1. The van der Waals surface area contributed by atoms with E-state index in [1.165, 1.54) is 38.0 Å². The SMILES string of the molecule is CCCN1C[C@H](C)C[C@@](C)(OC)[C@H](O[C@@H]2O[C@H](C)C[C@H](N(C)C)[C@H]2O)[C@@H](C)C(=O)C(C)(C)C(=O)O[C@@H](C)[C@@H]1C(=O)N1CCN(C(=O)c2cccc(C(F)(F)F)c2)CC1. The number of rotatable bonds is 8. The number of carbonyl (C=O) groups is 4. The van der Waals surface area contributed by atoms with Gasteiger partial charge in [-0.3, -0.25) is 24.1 Å². The molecule has 3 fully saturated rings. The smallest absolute Gasteiger partial charge is 0.416 e. The molecule has 58 heavy (non-hydrogen) atoms. The summed E-state index contributed by atoms with van der Waals surface area (Å²) in [6.07, 6.45) is -7.36. The fourth-order valence-corrected chi connectivity index (χ4v) is 8.86. The van der Waals surface area contributed by atoms with Gasteiger partial charge in [-0.1, -0.05) is 26.8 Å². The first kappa shape index (κ1) is 47.5. The minimum Gasteiger partial charge on any atom is -0.460 e. The Hall–Kier alpha value is -3.15. The van der Waals surface area contributed by atoms with Crippen molar-refractivity contribution in [2.75, 3.05) is 60.5 Å². The molecule has 4 rings (SSSR count). The fourth-order valence-electron chi connectivity index (χ4n) is 8.86. The van der Waals surface area contributed by atoms with E-state index < -0.39 is 77.0 Å². The summed E-state index contributed by atoms with van der Waals surface area (Å²) in [5.74, 6) is -3.27. The lowest BCUT2D eigenvalue weighted by atomic mass is 9.74. The van der Waals surface area contributed by atoms with Crippen molar-refractivity contribution in [3.8, 4) is 0 Å². The van der Waals surface area contributed by atoms with E-state index in [-0.39, 0.29) is 55.7 Å². The van der Waals surface area contributed by atoms with Crippen LogP contribution in [-0.2, 0) is 39.5 Å². The van der Waals surface area contributed by atoms with Crippen LogP contribution in [0.15, 0.2) is 24.3 Å². The van der Waals surface area contributed by atoms with E-state index >= 15 is 0 Å². The highest BCUT2D eigenvalue weighted by atomic mass is 19.4. The number of ether oxygens (including phenoxy) is 4. The van der Waals surface area contributed by atoms with E-state index in [0.717, 1.165) is 12.1 Å². The number of nitrogens with zero attached hydrogens (tertiary/aromatic N) is 4. The summed E-state index contributed by atoms with van der Waals surface area (Å²) in [5, 5.41) is 11.4. The number of hydrogen-bond acceptors (Lipinski definition) is 11. The van der Waals surface area contributed by atoms with Gasteiger partial charge in [0.2, 0.25) is 5.91 Å². The van der Waals surface area contributed by atoms with Crippen LogP contribution in [0.25, 0.3) is 0 Å². The number of hydrogen-bond donors (Lipinski definition) is 1. The number of amides is 2. The molecule has 3 aliphatic rings. The van der Waals surface area contributed by atoms with Crippen molar-refractivity contribution in [2.45, 2.75) is 129 Å². The molecule has 0 saturated carbocycles. The van der Waals surface area contributed by atoms with Crippen LogP contribution >= 0.6 is 0 Å². The average molecular weight is 827 g/mol. The number of methoxy groups -OCH3 is 1. The molecule has 0 unspecified atom stereocenters. The molecule has 3 heterocycles. The lowest BCUT2D eigenvalue weighted by Gasteiger charge is -2.47. The van der Waals surface area contributed by atoms with Gasteiger partial charge in [0.25, 0.3) is 5.91 Å². The Morgan fingerprint density at radius 2 is 1.64 bits per heavy atom.